The van der Waals surface area contributed by atoms with Crippen LogP contribution in [0.1, 0.15) is 60.7 Å². The number of carbonyl (C=O) groups is 2. The van der Waals surface area contributed by atoms with E-state index in [1.165, 1.54) is 0 Å². The van der Waals surface area contributed by atoms with Gasteiger partial charge in [0.05, 0.1) is 12.5 Å². The molecule has 2 aromatic carbocycles. The third kappa shape index (κ3) is 5.33. The molecule has 0 fully saturated rings. The van der Waals surface area contributed by atoms with Crippen LogP contribution in [0.5, 0.6) is 0 Å². The summed E-state index contributed by atoms with van der Waals surface area (Å²) in [6, 6.07) is 5.62. The monoisotopic (exact) mass is 625 g/mol. The van der Waals surface area contributed by atoms with Crippen molar-refractivity contribution in [3.63, 3.8) is 0 Å². The van der Waals surface area contributed by atoms with E-state index in [0.717, 1.165) is 21.8 Å². The van der Waals surface area contributed by atoms with Gasteiger partial charge in [0.2, 0.25) is 0 Å². The lowest BCUT2D eigenvalue weighted by Gasteiger charge is -2.38. The van der Waals surface area contributed by atoms with Crippen molar-refractivity contribution >= 4 is 42.2 Å². The van der Waals surface area contributed by atoms with Gasteiger partial charge in [0.15, 0.2) is 17.3 Å². The molecule has 0 saturated carbocycles. The number of benzene rings is 2. The van der Waals surface area contributed by atoms with Gasteiger partial charge >= 0.3 is 11.9 Å². The Labute approximate surface area is 257 Å². The van der Waals surface area contributed by atoms with Crippen molar-refractivity contribution < 1.29 is 37.2 Å². The summed E-state index contributed by atoms with van der Waals surface area (Å²) in [6.45, 7) is 10.6. The number of carboxylic acids is 1. The third-order valence-corrected chi connectivity index (χ3v) is 11.9. The van der Waals surface area contributed by atoms with Crippen molar-refractivity contribution in [3.05, 3.63) is 86.9 Å². The maximum absolute atomic E-state index is 17.2. The van der Waals surface area contributed by atoms with Gasteiger partial charge < -0.3 is 14.7 Å². The predicted octanol–water partition coefficient (Wildman–Crippen LogP) is 6.04. The average Bonchev–Trinajstić information content (AvgIpc) is 2.92. The fourth-order valence-electron chi connectivity index (χ4n) is 6.15. The van der Waals surface area contributed by atoms with Gasteiger partial charge in [-0.05, 0) is 57.6 Å². The van der Waals surface area contributed by atoms with Crippen LogP contribution in [0, 0.1) is 22.9 Å². The fraction of sp³-hybridized carbons (Fsp3) is 0.382. The number of anilines is 1. The summed E-state index contributed by atoms with van der Waals surface area (Å²) in [5.41, 5.74) is -0.671. The molecule has 234 valence electrons. The summed E-state index contributed by atoms with van der Waals surface area (Å²) in [5.74, 6) is -9.04. The molecule has 0 bridgehead atoms. The zero-order chi connectivity index (χ0) is 33.0. The van der Waals surface area contributed by atoms with Crippen molar-refractivity contribution in [1.29, 1.82) is 0 Å². The van der Waals surface area contributed by atoms with Crippen LogP contribution in [0.25, 0.3) is 5.57 Å². The molecule has 0 amide bonds. The Balaban J connectivity index is 2.27. The van der Waals surface area contributed by atoms with Gasteiger partial charge in [-0.1, -0.05) is 39.9 Å². The smallest absolute Gasteiger partial charge is 0.339 e. The molecule has 1 aliphatic carbocycles. The van der Waals surface area contributed by atoms with Crippen LogP contribution in [0.3, 0.4) is 0 Å². The van der Waals surface area contributed by atoms with Crippen LogP contribution >= 0.6 is 0 Å². The highest BCUT2D eigenvalue weighted by Gasteiger charge is 2.46. The van der Waals surface area contributed by atoms with E-state index in [0.29, 0.717) is 11.1 Å². The number of carbonyl (C=O) groups excluding carboxylic acids is 1. The molecule has 1 heterocycles. The minimum atomic E-state index is -2.53. The average molecular weight is 626 g/mol. The molecule has 4 rings (SSSR count). The van der Waals surface area contributed by atoms with Gasteiger partial charge in [0.1, 0.15) is 33.5 Å². The van der Waals surface area contributed by atoms with Crippen LogP contribution < -0.4 is 10.1 Å². The fourth-order valence-corrected chi connectivity index (χ4v) is 9.22. The van der Waals surface area contributed by atoms with Crippen molar-refractivity contribution in [1.82, 2.24) is 0 Å². The summed E-state index contributed by atoms with van der Waals surface area (Å²) in [7, 11) is 5.06. The van der Waals surface area contributed by atoms with E-state index < -0.39 is 65.5 Å². The van der Waals surface area contributed by atoms with E-state index in [2.05, 4.69) is 13.1 Å². The van der Waals surface area contributed by atoms with E-state index >= 15 is 13.2 Å². The number of aromatic carboxylic acids is 1. The number of esters is 1. The van der Waals surface area contributed by atoms with E-state index in [4.69, 9.17) is 4.74 Å². The highest BCUT2D eigenvalue weighted by Crippen LogP contribution is 2.47. The van der Waals surface area contributed by atoms with Gasteiger partial charge in [-0.15, -0.1) is 0 Å². The number of hydrogen-bond donors (Lipinski definition) is 1. The molecule has 6 nitrogen and oxygen atoms in total. The number of rotatable bonds is 6. The summed E-state index contributed by atoms with van der Waals surface area (Å²) >= 11 is 0. The molecule has 0 saturated heterocycles. The molecule has 2 aromatic rings. The molecule has 0 aromatic heterocycles. The SMILES string of the molecule is CCOC(=O)C(c1c(F)c(F)c(C(=O)O)c(C2=C3C=CC(=[N+](C)C)C=C3[Si](C)(C)c3cc(N(C)C)ccc32)c1F)C(C)(C)C. The second-order valence-electron chi connectivity index (χ2n) is 13.2. The molecule has 0 spiro atoms. The van der Waals surface area contributed by atoms with Crippen LogP contribution in [-0.4, -0.2) is 70.2 Å². The Morgan fingerprint density at radius 2 is 1.68 bits per heavy atom. The van der Waals surface area contributed by atoms with Crippen molar-refractivity contribution in [2.45, 2.75) is 46.7 Å². The Morgan fingerprint density at radius 1 is 1.05 bits per heavy atom. The molecule has 1 atom stereocenters. The number of allylic oxidation sites excluding steroid dienone is 5. The van der Waals surface area contributed by atoms with Gasteiger partial charge in [-0.3, -0.25) is 4.79 Å². The first kappa shape index (κ1) is 33.0. The Morgan fingerprint density at radius 3 is 2.20 bits per heavy atom. The predicted molar refractivity (Wildman–Crippen MR) is 170 cm³/mol. The highest BCUT2D eigenvalue weighted by molar-refractivity contribution is 6.98. The molecule has 10 heteroatoms. The van der Waals surface area contributed by atoms with Crippen molar-refractivity contribution in [2.75, 3.05) is 39.7 Å². The van der Waals surface area contributed by atoms with Crippen molar-refractivity contribution in [2.24, 2.45) is 5.41 Å². The standard InChI is InChI=1S/C34H39F3N2O4Si/c1-11-43-33(42)28(34(2,3)4)27-29(35)25(26(32(40)41)30(36)31(27)37)24-20-14-12-18(38(5)6)16-22(20)44(9,10)23-17-19(39(7)8)13-15-21(23)24/h12-17,28H,11H2,1-10H3/p+1. The number of nitrogens with zero attached hydrogens (tertiary/aromatic N) is 2. The zero-order valence-corrected chi connectivity index (χ0v) is 27.9. The first-order valence-corrected chi connectivity index (χ1v) is 17.5. The minimum absolute atomic E-state index is 0.0581. The number of hydrogen-bond acceptors (Lipinski definition) is 4. The second kappa shape index (κ2) is 11.5. The Kier molecular flexibility index (Phi) is 8.65. The van der Waals surface area contributed by atoms with Gasteiger partial charge in [0, 0.05) is 43.1 Å². The van der Waals surface area contributed by atoms with E-state index in [-0.39, 0.29) is 12.2 Å². The maximum Gasteiger partial charge on any atom is 0.339 e. The van der Waals surface area contributed by atoms with Gasteiger partial charge in [-0.25, -0.2) is 22.5 Å². The summed E-state index contributed by atoms with van der Waals surface area (Å²) in [6.07, 6.45) is 5.62. The molecule has 44 heavy (non-hydrogen) atoms. The topological polar surface area (TPSA) is 69.9 Å². The number of ether oxygens (including phenoxy) is 1. The quantitative estimate of drug-likeness (QED) is 0.184. The molecule has 0 radical (unpaired) electrons. The van der Waals surface area contributed by atoms with Crippen LogP contribution in [0.4, 0.5) is 18.9 Å². The maximum atomic E-state index is 17.2. The molecule has 1 aliphatic heterocycles. The van der Waals surface area contributed by atoms with E-state index in [9.17, 15) is 14.7 Å². The summed E-state index contributed by atoms with van der Waals surface area (Å²) < 4.78 is 56.3. The summed E-state index contributed by atoms with van der Waals surface area (Å²) in [4.78, 5) is 27.8. The minimum Gasteiger partial charge on any atom is -0.478 e. The van der Waals surface area contributed by atoms with Crippen LogP contribution in [0.15, 0.2) is 47.2 Å². The number of halogens is 3. The molecule has 1 unspecified atom stereocenters. The highest BCUT2D eigenvalue weighted by atomic mass is 28.3. The normalized spacial score (nSPS) is 16.2. The van der Waals surface area contributed by atoms with Gasteiger partial charge in [-0.2, -0.15) is 0 Å². The van der Waals surface area contributed by atoms with Crippen molar-refractivity contribution in [3.8, 4) is 0 Å². The van der Waals surface area contributed by atoms with Crippen LogP contribution in [0.2, 0.25) is 13.1 Å². The Hall–Kier alpha value is -3.92. The third-order valence-electron chi connectivity index (χ3n) is 8.42. The van der Waals surface area contributed by atoms with Crippen LogP contribution in [-0.2, 0) is 9.53 Å². The lowest BCUT2D eigenvalue weighted by atomic mass is 9.74. The zero-order valence-electron chi connectivity index (χ0n) is 26.9. The largest absolute Gasteiger partial charge is 0.478 e. The van der Waals surface area contributed by atoms with E-state index in [1.54, 1.807) is 39.8 Å². The second-order valence-corrected chi connectivity index (χ2v) is 17.5. The molecule has 1 N–H and O–H groups in total. The lowest BCUT2D eigenvalue weighted by Crippen LogP contribution is -2.50. The van der Waals surface area contributed by atoms with E-state index in [1.807, 2.05) is 62.0 Å². The van der Waals surface area contributed by atoms with Gasteiger partial charge in [0.25, 0.3) is 0 Å². The first-order chi connectivity index (χ1) is 20.4. The molecular formula is C34H40F3N2O4Si+. The summed E-state index contributed by atoms with van der Waals surface area (Å²) in [5, 5.41) is 12.0. The number of fused-ring (bicyclic) bond motifs is 2. The lowest BCUT2D eigenvalue weighted by molar-refractivity contribution is -0.462. The molecule has 2 aliphatic rings. The Bertz CT molecular complexity index is 1710. The molecular weight excluding hydrogens is 585 g/mol. The first-order valence-electron chi connectivity index (χ1n) is 14.5. The number of carboxylic acid groups (broad SMARTS) is 1.